The summed E-state index contributed by atoms with van der Waals surface area (Å²) in [5, 5.41) is 6.26. The van der Waals surface area contributed by atoms with Crippen LogP contribution in [0.4, 0.5) is 5.69 Å². The molecule has 0 bridgehead atoms. The van der Waals surface area contributed by atoms with E-state index >= 15 is 0 Å². The molecule has 1 aromatic heterocycles. The van der Waals surface area contributed by atoms with E-state index < -0.39 is 0 Å². The van der Waals surface area contributed by atoms with Gasteiger partial charge in [0.25, 0.3) is 5.91 Å². The van der Waals surface area contributed by atoms with Crippen molar-refractivity contribution in [3.8, 4) is 0 Å². The number of carbonyl (C=O) groups excluding carboxylic acids is 1. The van der Waals surface area contributed by atoms with E-state index in [-0.39, 0.29) is 5.91 Å². The minimum Gasteiger partial charge on any atom is -0.380 e. The zero-order valence-corrected chi connectivity index (χ0v) is 15.6. The summed E-state index contributed by atoms with van der Waals surface area (Å²) in [6.45, 7) is 3.45. The van der Waals surface area contributed by atoms with Gasteiger partial charge in [-0.05, 0) is 43.0 Å². The predicted molar refractivity (Wildman–Crippen MR) is 110 cm³/mol. The lowest BCUT2D eigenvalue weighted by Gasteiger charge is -2.08. The summed E-state index contributed by atoms with van der Waals surface area (Å²) in [5.74, 6) is -0.131. The molecule has 4 heteroatoms. The van der Waals surface area contributed by atoms with Gasteiger partial charge in [-0.1, -0.05) is 60.2 Å². The molecule has 0 fully saturated rings. The first-order valence-electron chi connectivity index (χ1n) is 9.28. The van der Waals surface area contributed by atoms with Crippen LogP contribution >= 0.6 is 0 Å². The lowest BCUT2D eigenvalue weighted by molar-refractivity contribution is 0.0948. The highest BCUT2D eigenvalue weighted by Gasteiger charge is 2.06. The van der Waals surface area contributed by atoms with Crippen LogP contribution in [-0.2, 0) is 13.0 Å². The maximum Gasteiger partial charge on any atom is 0.269 e. The molecule has 1 amide bonds. The van der Waals surface area contributed by atoms with Gasteiger partial charge in [0.1, 0.15) is 5.69 Å². The highest BCUT2D eigenvalue weighted by molar-refractivity contribution is 5.92. The summed E-state index contributed by atoms with van der Waals surface area (Å²) in [7, 11) is 0. The van der Waals surface area contributed by atoms with Crippen LogP contribution in [0, 0.1) is 6.92 Å². The van der Waals surface area contributed by atoms with Crippen LogP contribution in [-0.4, -0.2) is 17.4 Å². The average Bonchev–Trinajstić information content (AvgIpc) is 2.71. The average molecular weight is 359 g/mol. The normalized spacial score (nSPS) is 10.4. The Morgan fingerprint density at radius 1 is 0.963 bits per heavy atom. The van der Waals surface area contributed by atoms with Gasteiger partial charge in [0, 0.05) is 13.1 Å². The molecule has 0 saturated heterocycles. The molecule has 3 aromatic rings. The second-order valence-corrected chi connectivity index (χ2v) is 6.62. The van der Waals surface area contributed by atoms with Crippen molar-refractivity contribution in [3.05, 3.63) is 95.3 Å². The molecule has 0 radical (unpaired) electrons. The van der Waals surface area contributed by atoms with Crippen LogP contribution in [0.25, 0.3) is 0 Å². The second kappa shape index (κ2) is 9.53. The molecule has 3 rings (SSSR count). The molecule has 0 aliphatic heterocycles. The Morgan fingerprint density at radius 3 is 2.52 bits per heavy atom. The Hall–Kier alpha value is -3.14. The summed E-state index contributed by atoms with van der Waals surface area (Å²) in [6.07, 6.45) is 3.57. The number of anilines is 1. The molecule has 27 heavy (non-hydrogen) atoms. The monoisotopic (exact) mass is 359 g/mol. The van der Waals surface area contributed by atoms with Gasteiger partial charge < -0.3 is 10.6 Å². The molecule has 2 aromatic carbocycles. The summed E-state index contributed by atoms with van der Waals surface area (Å²) in [4.78, 5) is 16.5. The van der Waals surface area contributed by atoms with Gasteiger partial charge in [-0.3, -0.25) is 4.79 Å². The molecular formula is C23H25N3O. The smallest absolute Gasteiger partial charge is 0.269 e. The summed E-state index contributed by atoms with van der Waals surface area (Å²) >= 11 is 0. The Morgan fingerprint density at radius 2 is 1.78 bits per heavy atom. The van der Waals surface area contributed by atoms with E-state index in [9.17, 15) is 4.79 Å². The molecule has 0 aliphatic rings. The van der Waals surface area contributed by atoms with Crippen LogP contribution in [0.3, 0.4) is 0 Å². The van der Waals surface area contributed by atoms with Gasteiger partial charge in [0.2, 0.25) is 0 Å². The quantitative estimate of drug-likeness (QED) is 0.588. The zero-order valence-electron chi connectivity index (χ0n) is 15.6. The second-order valence-electron chi connectivity index (χ2n) is 6.62. The fourth-order valence-corrected chi connectivity index (χ4v) is 2.89. The third kappa shape index (κ3) is 5.96. The van der Waals surface area contributed by atoms with Crippen LogP contribution in [0.15, 0.2) is 72.9 Å². The van der Waals surface area contributed by atoms with Crippen molar-refractivity contribution in [1.29, 1.82) is 0 Å². The maximum absolute atomic E-state index is 12.2. The standard InChI is InChI=1S/C23H25N3O/c1-18-7-5-10-20(15-18)16-25-21-12-13-22(26-17-21)23(27)24-14-6-11-19-8-3-2-4-9-19/h2-5,7-10,12-13,15,17,25H,6,11,14,16H2,1H3,(H,24,27). The summed E-state index contributed by atoms with van der Waals surface area (Å²) in [5.41, 5.74) is 5.09. The fourth-order valence-electron chi connectivity index (χ4n) is 2.89. The number of hydrogen-bond donors (Lipinski definition) is 2. The molecule has 138 valence electrons. The van der Waals surface area contributed by atoms with E-state index in [1.54, 1.807) is 12.3 Å². The van der Waals surface area contributed by atoms with Crippen molar-refractivity contribution in [2.75, 3.05) is 11.9 Å². The first-order valence-corrected chi connectivity index (χ1v) is 9.28. The van der Waals surface area contributed by atoms with Gasteiger partial charge in [0.15, 0.2) is 0 Å². The third-order valence-corrected chi connectivity index (χ3v) is 4.35. The molecule has 0 aliphatic carbocycles. The number of pyridine rings is 1. The van der Waals surface area contributed by atoms with Crippen LogP contribution < -0.4 is 10.6 Å². The first-order chi connectivity index (χ1) is 13.2. The number of benzene rings is 2. The van der Waals surface area contributed by atoms with Crippen LogP contribution in [0.1, 0.15) is 33.6 Å². The SMILES string of the molecule is Cc1cccc(CNc2ccc(C(=O)NCCCc3ccccc3)nc2)c1. The van der Waals surface area contributed by atoms with Crippen molar-refractivity contribution in [1.82, 2.24) is 10.3 Å². The summed E-state index contributed by atoms with van der Waals surface area (Å²) in [6, 6.07) is 22.3. The first kappa shape index (κ1) is 18.6. The lowest BCUT2D eigenvalue weighted by atomic mass is 10.1. The number of rotatable bonds is 8. The van der Waals surface area contributed by atoms with E-state index in [4.69, 9.17) is 0 Å². The molecule has 4 nitrogen and oxygen atoms in total. The van der Waals surface area contributed by atoms with E-state index in [0.717, 1.165) is 25.1 Å². The third-order valence-electron chi connectivity index (χ3n) is 4.35. The molecule has 0 spiro atoms. The van der Waals surface area contributed by atoms with E-state index in [0.29, 0.717) is 12.2 Å². The maximum atomic E-state index is 12.2. The van der Waals surface area contributed by atoms with Gasteiger partial charge in [0.05, 0.1) is 11.9 Å². The minimum atomic E-state index is -0.131. The van der Waals surface area contributed by atoms with E-state index in [2.05, 4.69) is 58.9 Å². The number of nitrogens with one attached hydrogen (secondary N) is 2. The predicted octanol–water partition coefficient (Wildman–Crippen LogP) is 4.36. The van der Waals surface area contributed by atoms with Gasteiger partial charge in [-0.2, -0.15) is 0 Å². The van der Waals surface area contributed by atoms with E-state index in [1.165, 1.54) is 16.7 Å². The molecule has 1 heterocycles. The van der Waals surface area contributed by atoms with Crippen molar-refractivity contribution in [3.63, 3.8) is 0 Å². The summed E-state index contributed by atoms with van der Waals surface area (Å²) < 4.78 is 0. The lowest BCUT2D eigenvalue weighted by Crippen LogP contribution is -2.25. The zero-order chi connectivity index (χ0) is 18.9. The Balaban J connectivity index is 1.43. The number of aromatic nitrogens is 1. The van der Waals surface area contributed by atoms with Crippen molar-refractivity contribution in [2.45, 2.75) is 26.3 Å². The Kier molecular flexibility index (Phi) is 6.58. The van der Waals surface area contributed by atoms with E-state index in [1.807, 2.05) is 24.3 Å². The number of carbonyl (C=O) groups is 1. The molecular weight excluding hydrogens is 334 g/mol. The molecule has 0 unspecified atom stereocenters. The van der Waals surface area contributed by atoms with Crippen molar-refractivity contribution in [2.24, 2.45) is 0 Å². The highest BCUT2D eigenvalue weighted by Crippen LogP contribution is 2.10. The molecule has 0 saturated carbocycles. The Bertz CT molecular complexity index is 860. The Labute approximate surface area is 160 Å². The number of aryl methyl sites for hydroxylation is 2. The van der Waals surface area contributed by atoms with Crippen LogP contribution in [0.2, 0.25) is 0 Å². The van der Waals surface area contributed by atoms with Gasteiger partial charge in [-0.25, -0.2) is 4.98 Å². The van der Waals surface area contributed by atoms with Gasteiger partial charge in [-0.15, -0.1) is 0 Å². The van der Waals surface area contributed by atoms with Crippen molar-refractivity contribution >= 4 is 11.6 Å². The fraction of sp³-hybridized carbons (Fsp3) is 0.217. The van der Waals surface area contributed by atoms with Gasteiger partial charge >= 0.3 is 0 Å². The number of hydrogen-bond acceptors (Lipinski definition) is 3. The molecule has 0 atom stereocenters. The number of amides is 1. The number of nitrogens with zero attached hydrogens (tertiary/aromatic N) is 1. The van der Waals surface area contributed by atoms with Crippen molar-refractivity contribution < 1.29 is 4.79 Å². The largest absolute Gasteiger partial charge is 0.380 e. The topological polar surface area (TPSA) is 54.0 Å². The highest BCUT2D eigenvalue weighted by atomic mass is 16.1. The molecule has 2 N–H and O–H groups in total. The minimum absolute atomic E-state index is 0.131. The van der Waals surface area contributed by atoms with Crippen LogP contribution in [0.5, 0.6) is 0 Å².